The van der Waals surface area contributed by atoms with Gasteiger partial charge in [-0.25, -0.2) is 0 Å². The lowest BCUT2D eigenvalue weighted by Gasteiger charge is -2.22. The quantitative estimate of drug-likeness (QED) is 0.744. The van der Waals surface area contributed by atoms with E-state index in [0.29, 0.717) is 11.4 Å². The second kappa shape index (κ2) is 7.87. The molecule has 6 heteroatoms. The molecule has 1 aliphatic rings. The van der Waals surface area contributed by atoms with Crippen molar-refractivity contribution in [3.63, 3.8) is 0 Å². The zero-order valence-electron chi connectivity index (χ0n) is 17.6. The molecule has 1 unspecified atom stereocenters. The van der Waals surface area contributed by atoms with Gasteiger partial charge in [-0.05, 0) is 54.2 Å². The summed E-state index contributed by atoms with van der Waals surface area (Å²) in [4.78, 5) is 25.2. The first-order valence-corrected chi connectivity index (χ1v) is 9.59. The summed E-state index contributed by atoms with van der Waals surface area (Å²) >= 11 is 0. The van der Waals surface area contributed by atoms with Crippen molar-refractivity contribution in [2.75, 3.05) is 31.5 Å². The number of carbonyl (C=O) groups is 2. The predicted octanol–water partition coefficient (Wildman–Crippen LogP) is 3.89. The summed E-state index contributed by atoms with van der Waals surface area (Å²) in [6.45, 7) is 6.11. The third kappa shape index (κ3) is 3.98. The number of carbonyl (C=O) groups excluding carboxylic acids is 2. The third-order valence-electron chi connectivity index (χ3n) is 5.75. The SMILES string of the molecule is COCC(=O)Nc1ccc(C)c(NC(=O)C2(c3ccc(OC)cc3)CC2(C)C)c1. The number of hydrogen-bond donors (Lipinski definition) is 2. The molecule has 2 aromatic carbocycles. The zero-order valence-corrected chi connectivity index (χ0v) is 17.6. The van der Waals surface area contributed by atoms with Gasteiger partial charge in [-0.3, -0.25) is 9.59 Å². The number of anilines is 2. The van der Waals surface area contributed by atoms with Gasteiger partial charge in [0, 0.05) is 18.5 Å². The van der Waals surface area contributed by atoms with Crippen LogP contribution in [0.15, 0.2) is 42.5 Å². The summed E-state index contributed by atoms with van der Waals surface area (Å²) in [6, 6.07) is 13.1. The van der Waals surface area contributed by atoms with Gasteiger partial charge in [0.15, 0.2) is 0 Å². The third-order valence-corrected chi connectivity index (χ3v) is 5.75. The molecule has 1 fully saturated rings. The molecule has 2 amide bonds. The predicted molar refractivity (Wildman–Crippen MR) is 113 cm³/mol. The van der Waals surface area contributed by atoms with Crippen LogP contribution in [0, 0.1) is 12.3 Å². The highest BCUT2D eigenvalue weighted by atomic mass is 16.5. The van der Waals surface area contributed by atoms with Crippen LogP contribution in [0.5, 0.6) is 5.75 Å². The van der Waals surface area contributed by atoms with E-state index in [2.05, 4.69) is 24.5 Å². The Labute approximate surface area is 171 Å². The monoisotopic (exact) mass is 396 g/mol. The normalized spacial score (nSPS) is 19.3. The number of hydrogen-bond acceptors (Lipinski definition) is 4. The maximum absolute atomic E-state index is 13.4. The van der Waals surface area contributed by atoms with Crippen LogP contribution >= 0.6 is 0 Å². The van der Waals surface area contributed by atoms with Crippen molar-refractivity contribution in [2.45, 2.75) is 32.6 Å². The van der Waals surface area contributed by atoms with Gasteiger partial charge in [-0.1, -0.05) is 32.0 Å². The van der Waals surface area contributed by atoms with Crippen LogP contribution in [-0.4, -0.2) is 32.6 Å². The Kier molecular flexibility index (Phi) is 5.66. The standard InChI is InChI=1S/C23H28N2O4/c1-15-6-9-17(24-20(26)13-28-4)12-19(15)25-21(27)23(14-22(23,2)3)16-7-10-18(29-5)11-8-16/h6-12H,13-14H2,1-5H3,(H,24,26)(H,25,27). The maximum atomic E-state index is 13.4. The highest BCUT2D eigenvalue weighted by Gasteiger charge is 2.67. The van der Waals surface area contributed by atoms with E-state index in [-0.39, 0.29) is 23.8 Å². The van der Waals surface area contributed by atoms with Gasteiger partial charge in [0.2, 0.25) is 11.8 Å². The highest BCUT2D eigenvalue weighted by Crippen LogP contribution is 2.64. The lowest BCUT2D eigenvalue weighted by molar-refractivity contribution is -0.120. The van der Waals surface area contributed by atoms with E-state index in [1.165, 1.54) is 7.11 Å². The van der Waals surface area contributed by atoms with E-state index in [1.54, 1.807) is 19.2 Å². The topological polar surface area (TPSA) is 76.7 Å². The van der Waals surface area contributed by atoms with Gasteiger partial charge in [-0.2, -0.15) is 0 Å². The van der Waals surface area contributed by atoms with Gasteiger partial charge >= 0.3 is 0 Å². The van der Waals surface area contributed by atoms with E-state index in [9.17, 15) is 9.59 Å². The van der Waals surface area contributed by atoms with Crippen LogP contribution in [0.1, 0.15) is 31.4 Å². The molecule has 0 bridgehead atoms. The summed E-state index contributed by atoms with van der Waals surface area (Å²) in [5.41, 5.74) is 2.45. The summed E-state index contributed by atoms with van der Waals surface area (Å²) in [6.07, 6.45) is 0.765. The molecule has 0 saturated heterocycles. The van der Waals surface area contributed by atoms with Crippen LogP contribution in [-0.2, 0) is 19.7 Å². The molecule has 154 valence electrons. The van der Waals surface area contributed by atoms with E-state index in [4.69, 9.17) is 9.47 Å². The van der Waals surface area contributed by atoms with Crippen LogP contribution in [0.25, 0.3) is 0 Å². The lowest BCUT2D eigenvalue weighted by Crippen LogP contribution is -2.32. The first kappa shape index (κ1) is 20.9. The minimum atomic E-state index is -0.596. The van der Waals surface area contributed by atoms with Crippen LogP contribution in [0.3, 0.4) is 0 Å². The Morgan fingerprint density at radius 3 is 2.24 bits per heavy atom. The Morgan fingerprint density at radius 1 is 1.03 bits per heavy atom. The highest BCUT2D eigenvalue weighted by molar-refractivity contribution is 6.03. The van der Waals surface area contributed by atoms with Gasteiger partial charge < -0.3 is 20.1 Å². The number of benzene rings is 2. The lowest BCUT2D eigenvalue weighted by atomic mass is 9.86. The average Bonchev–Trinajstić information content (AvgIpc) is 3.28. The van der Waals surface area contributed by atoms with Crippen molar-refractivity contribution in [1.82, 2.24) is 0 Å². The minimum Gasteiger partial charge on any atom is -0.497 e. The summed E-state index contributed by atoms with van der Waals surface area (Å²) in [5.74, 6) is 0.473. The molecule has 0 heterocycles. The summed E-state index contributed by atoms with van der Waals surface area (Å²) < 4.78 is 10.1. The summed E-state index contributed by atoms with van der Waals surface area (Å²) in [7, 11) is 3.09. The van der Waals surface area contributed by atoms with Crippen LogP contribution < -0.4 is 15.4 Å². The van der Waals surface area contributed by atoms with Gasteiger partial charge in [0.05, 0.1) is 12.5 Å². The largest absolute Gasteiger partial charge is 0.497 e. The van der Waals surface area contributed by atoms with Crippen LogP contribution in [0.4, 0.5) is 11.4 Å². The maximum Gasteiger partial charge on any atom is 0.250 e. The molecule has 1 aliphatic carbocycles. The number of aryl methyl sites for hydroxylation is 1. The van der Waals surface area contributed by atoms with E-state index >= 15 is 0 Å². The van der Waals surface area contributed by atoms with Crippen molar-refractivity contribution in [1.29, 1.82) is 0 Å². The Balaban J connectivity index is 1.85. The van der Waals surface area contributed by atoms with E-state index in [1.807, 2.05) is 37.3 Å². The fourth-order valence-electron chi connectivity index (χ4n) is 3.90. The van der Waals surface area contributed by atoms with Crippen molar-refractivity contribution in [2.24, 2.45) is 5.41 Å². The molecular formula is C23H28N2O4. The molecule has 0 radical (unpaired) electrons. The minimum absolute atomic E-state index is 0.0235. The number of amides is 2. The molecule has 0 spiro atoms. The van der Waals surface area contributed by atoms with Gasteiger partial charge in [0.25, 0.3) is 0 Å². The molecule has 0 aliphatic heterocycles. The molecule has 2 N–H and O–H groups in total. The van der Waals surface area contributed by atoms with E-state index in [0.717, 1.165) is 23.3 Å². The molecule has 29 heavy (non-hydrogen) atoms. The molecular weight excluding hydrogens is 368 g/mol. The first-order valence-electron chi connectivity index (χ1n) is 9.59. The number of nitrogens with one attached hydrogen (secondary N) is 2. The Bertz CT molecular complexity index is 921. The van der Waals surface area contributed by atoms with Crippen LogP contribution in [0.2, 0.25) is 0 Å². The number of methoxy groups -OCH3 is 2. The van der Waals surface area contributed by atoms with Crippen molar-refractivity contribution >= 4 is 23.2 Å². The second-order valence-corrected chi connectivity index (χ2v) is 8.16. The van der Waals surface area contributed by atoms with Crippen molar-refractivity contribution in [3.05, 3.63) is 53.6 Å². The molecule has 0 aromatic heterocycles. The fourth-order valence-corrected chi connectivity index (χ4v) is 3.90. The molecule has 2 aromatic rings. The average molecular weight is 396 g/mol. The summed E-state index contributed by atoms with van der Waals surface area (Å²) in [5, 5.41) is 5.86. The van der Waals surface area contributed by atoms with Crippen molar-refractivity contribution < 1.29 is 19.1 Å². The molecule has 1 atom stereocenters. The Morgan fingerprint density at radius 2 is 1.69 bits per heavy atom. The molecule has 6 nitrogen and oxygen atoms in total. The molecule has 3 rings (SSSR count). The van der Waals surface area contributed by atoms with Gasteiger partial charge in [0.1, 0.15) is 12.4 Å². The first-order chi connectivity index (χ1) is 13.7. The number of rotatable bonds is 7. The smallest absolute Gasteiger partial charge is 0.250 e. The van der Waals surface area contributed by atoms with E-state index < -0.39 is 5.41 Å². The molecule has 1 saturated carbocycles. The second-order valence-electron chi connectivity index (χ2n) is 8.16. The zero-order chi connectivity index (χ0) is 21.2. The van der Waals surface area contributed by atoms with Gasteiger partial charge in [-0.15, -0.1) is 0 Å². The fraction of sp³-hybridized carbons (Fsp3) is 0.391. The Hall–Kier alpha value is -2.86. The van der Waals surface area contributed by atoms with Crippen molar-refractivity contribution in [3.8, 4) is 5.75 Å². The number of ether oxygens (including phenoxy) is 2.